The molecule has 2 aromatic rings. The third-order valence-electron chi connectivity index (χ3n) is 4.17. The lowest BCUT2D eigenvalue weighted by Gasteiger charge is -2.31. The molecule has 1 saturated heterocycles. The van der Waals surface area contributed by atoms with Gasteiger partial charge in [-0.1, -0.05) is 11.6 Å². The van der Waals surface area contributed by atoms with E-state index in [1.165, 1.54) is 10.5 Å². The molecule has 2 N–H and O–H groups in total. The Morgan fingerprint density at radius 2 is 2.05 bits per heavy atom. The first-order valence-electron chi connectivity index (χ1n) is 7.63. The molecule has 1 fully saturated rings. The molecule has 3 rings (SSSR count). The summed E-state index contributed by atoms with van der Waals surface area (Å²) in [7, 11) is 0. The summed E-state index contributed by atoms with van der Waals surface area (Å²) in [6.07, 6.45) is 2.29. The van der Waals surface area contributed by atoms with Gasteiger partial charge in [-0.2, -0.15) is 0 Å². The van der Waals surface area contributed by atoms with E-state index in [1.54, 1.807) is 0 Å². The van der Waals surface area contributed by atoms with Crippen LogP contribution in [0.15, 0.2) is 24.4 Å². The molecular formula is C17H23N2O2+. The van der Waals surface area contributed by atoms with E-state index in [0.717, 1.165) is 29.6 Å². The van der Waals surface area contributed by atoms with Crippen molar-refractivity contribution in [1.82, 2.24) is 4.98 Å². The molecule has 0 bridgehead atoms. The van der Waals surface area contributed by atoms with Crippen LogP contribution in [0.1, 0.15) is 29.8 Å². The number of Topliss-reactive ketones (excluding diaryl/α,β-unsaturated/α-hetero) is 1. The highest BCUT2D eigenvalue weighted by Gasteiger charge is 2.28. The lowest BCUT2D eigenvalue weighted by Crippen LogP contribution is -3.16. The van der Waals surface area contributed by atoms with E-state index in [0.29, 0.717) is 6.54 Å². The van der Waals surface area contributed by atoms with Crippen LogP contribution in [-0.4, -0.2) is 42.6 Å². The van der Waals surface area contributed by atoms with Gasteiger partial charge in [-0.05, 0) is 32.9 Å². The molecule has 21 heavy (non-hydrogen) atoms. The quantitative estimate of drug-likeness (QED) is 0.837. The highest BCUT2D eigenvalue weighted by atomic mass is 16.5. The van der Waals surface area contributed by atoms with Gasteiger partial charge in [0.2, 0.25) is 5.78 Å². The average molecular weight is 287 g/mol. The Morgan fingerprint density at radius 3 is 2.76 bits per heavy atom. The summed E-state index contributed by atoms with van der Waals surface area (Å²) >= 11 is 0. The minimum absolute atomic E-state index is 0.211. The van der Waals surface area contributed by atoms with Crippen LogP contribution in [-0.2, 0) is 4.74 Å². The molecule has 2 atom stereocenters. The van der Waals surface area contributed by atoms with Crippen molar-refractivity contribution in [2.45, 2.75) is 33.0 Å². The fourth-order valence-electron chi connectivity index (χ4n) is 3.32. The average Bonchev–Trinajstić information content (AvgIpc) is 2.80. The number of benzene rings is 1. The molecule has 2 heterocycles. The van der Waals surface area contributed by atoms with Crippen molar-refractivity contribution < 1.29 is 14.4 Å². The van der Waals surface area contributed by atoms with Gasteiger partial charge in [-0.25, -0.2) is 0 Å². The molecule has 0 saturated carbocycles. The van der Waals surface area contributed by atoms with Crippen molar-refractivity contribution in [3.05, 3.63) is 35.5 Å². The van der Waals surface area contributed by atoms with E-state index in [9.17, 15) is 4.79 Å². The number of ether oxygens (including phenoxy) is 1. The van der Waals surface area contributed by atoms with E-state index in [-0.39, 0.29) is 18.0 Å². The predicted molar refractivity (Wildman–Crippen MR) is 82.9 cm³/mol. The fraction of sp³-hybridized carbons (Fsp3) is 0.471. The maximum Gasteiger partial charge on any atom is 0.219 e. The van der Waals surface area contributed by atoms with Crippen molar-refractivity contribution in [3.63, 3.8) is 0 Å². The smallest absolute Gasteiger partial charge is 0.219 e. The van der Waals surface area contributed by atoms with Crippen molar-refractivity contribution in [1.29, 1.82) is 0 Å². The van der Waals surface area contributed by atoms with Crippen molar-refractivity contribution in [2.75, 3.05) is 19.6 Å². The molecule has 0 unspecified atom stereocenters. The van der Waals surface area contributed by atoms with Gasteiger partial charge in [0.05, 0.1) is 0 Å². The number of carbonyl (C=O) groups is 1. The number of aromatic nitrogens is 1. The monoisotopic (exact) mass is 287 g/mol. The number of rotatable bonds is 3. The van der Waals surface area contributed by atoms with Crippen molar-refractivity contribution >= 4 is 16.7 Å². The molecule has 1 aromatic carbocycles. The first kappa shape index (κ1) is 14.3. The van der Waals surface area contributed by atoms with Crippen LogP contribution in [0.3, 0.4) is 0 Å². The van der Waals surface area contributed by atoms with Gasteiger partial charge in [-0.15, -0.1) is 0 Å². The molecule has 0 radical (unpaired) electrons. The number of aromatic amines is 1. The highest BCUT2D eigenvalue weighted by Crippen LogP contribution is 2.19. The number of ketones is 1. The van der Waals surface area contributed by atoms with Crippen LogP contribution >= 0.6 is 0 Å². The molecule has 0 spiro atoms. The summed E-state index contributed by atoms with van der Waals surface area (Å²) < 4.78 is 5.74. The number of quaternary nitrogens is 1. The maximum atomic E-state index is 12.6. The number of H-pyrrole nitrogens is 1. The highest BCUT2D eigenvalue weighted by molar-refractivity contribution is 6.08. The Hall–Kier alpha value is -1.65. The molecule has 1 aliphatic rings. The lowest BCUT2D eigenvalue weighted by molar-refractivity contribution is -0.906. The van der Waals surface area contributed by atoms with Crippen molar-refractivity contribution in [2.24, 2.45) is 0 Å². The number of hydrogen-bond donors (Lipinski definition) is 2. The summed E-state index contributed by atoms with van der Waals surface area (Å²) in [5, 5.41) is 1.04. The Morgan fingerprint density at radius 1 is 1.33 bits per heavy atom. The van der Waals surface area contributed by atoms with Crippen LogP contribution in [0.2, 0.25) is 0 Å². The number of aryl methyl sites for hydroxylation is 1. The van der Waals surface area contributed by atoms with Crippen LogP contribution in [0.4, 0.5) is 0 Å². The Kier molecular flexibility index (Phi) is 3.83. The Balaban J connectivity index is 1.79. The van der Waals surface area contributed by atoms with Crippen LogP contribution < -0.4 is 4.90 Å². The van der Waals surface area contributed by atoms with E-state index >= 15 is 0 Å². The molecular weight excluding hydrogens is 264 g/mol. The van der Waals surface area contributed by atoms with Crippen molar-refractivity contribution in [3.8, 4) is 0 Å². The number of hydrogen-bond acceptors (Lipinski definition) is 2. The van der Waals surface area contributed by atoms with Gasteiger partial charge in [0.1, 0.15) is 31.8 Å². The normalized spacial score (nSPS) is 26.1. The number of morpholine rings is 1. The molecule has 1 aliphatic heterocycles. The minimum Gasteiger partial charge on any atom is -0.364 e. The van der Waals surface area contributed by atoms with Gasteiger partial charge in [-0.3, -0.25) is 4.79 Å². The Labute approximate surface area is 125 Å². The molecule has 0 aliphatic carbocycles. The zero-order valence-electron chi connectivity index (χ0n) is 12.9. The Bertz CT molecular complexity index is 652. The van der Waals surface area contributed by atoms with E-state index < -0.39 is 0 Å². The zero-order valence-corrected chi connectivity index (χ0v) is 12.9. The largest absolute Gasteiger partial charge is 0.364 e. The summed E-state index contributed by atoms with van der Waals surface area (Å²) in [5.74, 6) is 0.211. The summed E-state index contributed by atoms with van der Waals surface area (Å²) in [5.41, 5.74) is 3.02. The molecule has 1 aromatic heterocycles. The van der Waals surface area contributed by atoms with Gasteiger partial charge in [0.15, 0.2) is 0 Å². The number of fused-ring (bicyclic) bond motifs is 1. The molecule has 4 nitrogen and oxygen atoms in total. The van der Waals surface area contributed by atoms with Gasteiger partial charge < -0.3 is 14.6 Å². The SMILES string of the molecule is Cc1ccc2[nH]cc(C(=O)C[NH+]3C[C@@H](C)O[C@H](C)C3)c2c1. The number of carbonyl (C=O) groups excluding carboxylic acids is 1. The standard InChI is InChI=1S/C17H22N2O2/c1-11-4-5-16-14(6-11)15(7-18-16)17(20)10-19-8-12(2)21-13(3)9-19/h4-7,12-13,18H,8-10H2,1-3H3/p+1/t12-,13-/m1/s1. The second-order valence-corrected chi connectivity index (χ2v) is 6.27. The molecule has 0 amide bonds. The van der Waals surface area contributed by atoms with Crippen LogP contribution in [0.5, 0.6) is 0 Å². The van der Waals surface area contributed by atoms with Gasteiger partial charge in [0, 0.05) is 22.7 Å². The van der Waals surface area contributed by atoms with Crippen LogP contribution in [0.25, 0.3) is 10.9 Å². The van der Waals surface area contributed by atoms with E-state index in [4.69, 9.17) is 4.74 Å². The van der Waals surface area contributed by atoms with E-state index in [1.807, 2.05) is 12.3 Å². The summed E-state index contributed by atoms with van der Waals surface area (Å²) in [6, 6.07) is 6.18. The maximum absolute atomic E-state index is 12.6. The van der Waals surface area contributed by atoms with E-state index in [2.05, 4.69) is 37.9 Å². The fourth-order valence-corrected chi connectivity index (χ4v) is 3.32. The van der Waals surface area contributed by atoms with Gasteiger partial charge in [0.25, 0.3) is 0 Å². The third-order valence-corrected chi connectivity index (χ3v) is 4.17. The zero-order chi connectivity index (χ0) is 15.0. The first-order valence-corrected chi connectivity index (χ1v) is 7.63. The van der Waals surface area contributed by atoms with Gasteiger partial charge >= 0.3 is 0 Å². The third kappa shape index (κ3) is 3.01. The first-order chi connectivity index (χ1) is 10.0. The predicted octanol–water partition coefficient (Wildman–Crippen LogP) is 1.35. The second kappa shape index (κ2) is 5.62. The minimum atomic E-state index is 0.211. The molecule has 112 valence electrons. The molecule has 4 heteroatoms. The second-order valence-electron chi connectivity index (χ2n) is 6.27. The summed E-state index contributed by atoms with van der Waals surface area (Å²) in [6.45, 7) is 8.55. The summed E-state index contributed by atoms with van der Waals surface area (Å²) in [4.78, 5) is 17.1. The topological polar surface area (TPSA) is 46.5 Å². The van der Waals surface area contributed by atoms with Crippen LogP contribution in [0, 0.1) is 6.92 Å². The number of nitrogens with one attached hydrogen (secondary N) is 2. The lowest BCUT2D eigenvalue weighted by atomic mass is 10.1.